The monoisotopic (exact) mass is 210 g/mol. The quantitative estimate of drug-likeness (QED) is 0.755. The first-order valence-corrected chi connectivity index (χ1v) is 4.68. The molecule has 5 heteroatoms. The maximum Gasteiger partial charge on any atom is 0.305 e. The lowest BCUT2D eigenvalue weighted by atomic mass is 10.1. The lowest BCUT2D eigenvalue weighted by Gasteiger charge is -2.10. The molecule has 1 rings (SSSR count). The fourth-order valence-corrected chi connectivity index (χ4v) is 1.19. The topological polar surface area (TPSA) is 85.4 Å². The lowest BCUT2D eigenvalue weighted by Crippen LogP contribution is -2.15. The van der Waals surface area contributed by atoms with E-state index >= 15 is 0 Å². The minimum absolute atomic E-state index is 0.114. The highest BCUT2D eigenvalue weighted by Gasteiger charge is 2.11. The predicted molar refractivity (Wildman–Crippen MR) is 54.6 cm³/mol. The van der Waals surface area contributed by atoms with Crippen LogP contribution < -0.4 is 10.5 Å². The van der Waals surface area contributed by atoms with Crippen molar-refractivity contribution < 1.29 is 14.6 Å². The Balaban J connectivity index is 2.75. The first-order chi connectivity index (χ1) is 7.13. The van der Waals surface area contributed by atoms with E-state index < -0.39 is 12.0 Å². The molecule has 15 heavy (non-hydrogen) atoms. The molecular weight excluding hydrogens is 196 g/mol. The molecule has 0 bridgehead atoms. The molecule has 5 nitrogen and oxygen atoms in total. The van der Waals surface area contributed by atoms with Gasteiger partial charge in [0.15, 0.2) is 0 Å². The van der Waals surface area contributed by atoms with Crippen LogP contribution in [0, 0.1) is 0 Å². The van der Waals surface area contributed by atoms with E-state index in [-0.39, 0.29) is 6.42 Å². The number of ether oxygens (including phenoxy) is 1. The summed E-state index contributed by atoms with van der Waals surface area (Å²) in [7, 11) is 0. The molecule has 1 heterocycles. The largest absolute Gasteiger partial charge is 0.492 e. The highest BCUT2D eigenvalue weighted by atomic mass is 16.5. The summed E-state index contributed by atoms with van der Waals surface area (Å²) in [6.07, 6.45) is 3.01. The molecule has 0 aliphatic rings. The summed E-state index contributed by atoms with van der Waals surface area (Å²) < 4.78 is 5.24. The van der Waals surface area contributed by atoms with Crippen LogP contribution in [-0.4, -0.2) is 22.7 Å². The molecule has 3 N–H and O–H groups in total. The molecule has 82 valence electrons. The number of nitrogens with two attached hydrogens (primary N) is 1. The van der Waals surface area contributed by atoms with E-state index in [9.17, 15) is 4.79 Å². The molecule has 0 spiro atoms. The summed E-state index contributed by atoms with van der Waals surface area (Å²) in [5.74, 6) is -0.319. The van der Waals surface area contributed by atoms with Crippen LogP contribution in [-0.2, 0) is 4.79 Å². The molecule has 0 aliphatic heterocycles. The van der Waals surface area contributed by atoms with E-state index in [1.807, 2.05) is 6.92 Å². The van der Waals surface area contributed by atoms with Crippen LogP contribution in [0.25, 0.3) is 0 Å². The molecule has 1 aromatic heterocycles. The van der Waals surface area contributed by atoms with E-state index in [1.165, 1.54) is 0 Å². The zero-order chi connectivity index (χ0) is 11.3. The fourth-order valence-electron chi connectivity index (χ4n) is 1.19. The van der Waals surface area contributed by atoms with Gasteiger partial charge in [-0.2, -0.15) is 0 Å². The van der Waals surface area contributed by atoms with Gasteiger partial charge in [-0.15, -0.1) is 0 Å². The Hall–Kier alpha value is -1.62. The number of aromatic nitrogens is 1. The van der Waals surface area contributed by atoms with Gasteiger partial charge >= 0.3 is 5.97 Å². The third-order valence-corrected chi connectivity index (χ3v) is 1.87. The van der Waals surface area contributed by atoms with Crippen molar-refractivity contribution in [2.24, 2.45) is 5.73 Å². The highest BCUT2D eigenvalue weighted by Crippen LogP contribution is 2.18. The predicted octanol–water partition coefficient (Wildman–Crippen LogP) is 0.955. The summed E-state index contributed by atoms with van der Waals surface area (Å²) in [5, 5.41) is 8.59. The van der Waals surface area contributed by atoms with Crippen LogP contribution in [0.3, 0.4) is 0 Å². The van der Waals surface area contributed by atoms with Gasteiger partial charge in [0.25, 0.3) is 0 Å². The van der Waals surface area contributed by atoms with Gasteiger partial charge in [-0.1, -0.05) is 0 Å². The number of rotatable bonds is 5. The van der Waals surface area contributed by atoms with Crippen molar-refractivity contribution in [3.63, 3.8) is 0 Å². The van der Waals surface area contributed by atoms with Crippen LogP contribution in [0.15, 0.2) is 18.5 Å². The molecule has 1 atom stereocenters. The van der Waals surface area contributed by atoms with E-state index in [0.717, 1.165) is 0 Å². The maximum absolute atomic E-state index is 10.5. The first-order valence-electron chi connectivity index (χ1n) is 4.68. The Morgan fingerprint density at radius 1 is 1.67 bits per heavy atom. The second-order valence-corrected chi connectivity index (χ2v) is 3.09. The number of carbonyl (C=O) groups is 1. The van der Waals surface area contributed by atoms with E-state index in [4.69, 9.17) is 15.6 Å². The summed E-state index contributed by atoms with van der Waals surface area (Å²) in [4.78, 5) is 14.4. The van der Waals surface area contributed by atoms with E-state index in [1.54, 1.807) is 18.5 Å². The maximum atomic E-state index is 10.5. The van der Waals surface area contributed by atoms with Crippen LogP contribution in [0.4, 0.5) is 0 Å². The standard InChI is InChI=1S/C10H14N2O3/c1-2-15-8-3-7(5-12-6-8)9(11)4-10(13)14/h3,5-6,9H,2,4,11H2,1H3,(H,13,14). The van der Waals surface area contributed by atoms with Crippen molar-refractivity contribution in [3.8, 4) is 5.75 Å². The van der Waals surface area contributed by atoms with Gasteiger partial charge in [0, 0.05) is 12.2 Å². The van der Waals surface area contributed by atoms with Gasteiger partial charge in [0.1, 0.15) is 5.75 Å². The molecule has 0 aromatic carbocycles. The van der Waals surface area contributed by atoms with Gasteiger partial charge in [-0.25, -0.2) is 0 Å². The fraction of sp³-hybridized carbons (Fsp3) is 0.400. The van der Waals surface area contributed by atoms with Gasteiger partial charge in [-0.05, 0) is 18.6 Å². The average molecular weight is 210 g/mol. The van der Waals surface area contributed by atoms with Crippen LogP contribution in [0.1, 0.15) is 24.9 Å². The number of nitrogens with zero attached hydrogens (tertiary/aromatic N) is 1. The van der Waals surface area contributed by atoms with Gasteiger partial charge in [0.05, 0.1) is 19.2 Å². The molecule has 0 saturated heterocycles. The highest BCUT2D eigenvalue weighted by molar-refractivity contribution is 5.67. The number of hydrogen-bond acceptors (Lipinski definition) is 4. The van der Waals surface area contributed by atoms with Crippen molar-refractivity contribution in [3.05, 3.63) is 24.0 Å². The summed E-state index contributed by atoms with van der Waals surface area (Å²) in [5.41, 5.74) is 6.35. The Morgan fingerprint density at radius 2 is 2.40 bits per heavy atom. The van der Waals surface area contributed by atoms with Crippen molar-refractivity contribution >= 4 is 5.97 Å². The minimum Gasteiger partial charge on any atom is -0.492 e. The number of hydrogen-bond donors (Lipinski definition) is 2. The summed E-state index contributed by atoms with van der Waals surface area (Å²) in [6.45, 7) is 2.41. The molecule has 0 fully saturated rings. The van der Waals surface area contributed by atoms with Gasteiger partial charge in [-0.3, -0.25) is 9.78 Å². The van der Waals surface area contributed by atoms with Crippen molar-refractivity contribution in [2.75, 3.05) is 6.61 Å². The molecule has 0 amide bonds. The second kappa shape index (κ2) is 5.31. The third-order valence-electron chi connectivity index (χ3n) is 1.87. The zero-order valence-electron chi connectivity index (χ0n) is 8.51. The summed E-state index contributed by atoms with van der Waals surface area (Å²) in [6, 6.07) is 1.17. The third kappa shape index (κ3) is 3.55. The number of pyridine rings is 1. The zero-order valence-corrected chi connectivity index (χ0v) is 8.51. The number of carboxylic acids is 1. The molecule has 0 saturated carbocycles. The average Bonchev–Trinajstić information content (AvgIpc) is 2.17. The van der Waals surface area contributed by atoms with Crippen LogP contribution in [0.5, 0.6) is 5.75 Å². The smallest absolute Gasteiger partial charge is 0.305 e. The van der Waals surface area contributed by atoms with Crippen molar-refractivity contribution in [1.29, 1.82) is 0 Å². The summed E-state index contributed by atoms with van der Waals surface area (Å²) >= 11 is 0. The Labute approximate surface area is 87.9 Å². The van der Waals surface area contributed by atoms with Crippen molar-refractivity contribution in [1.82, 2.24) is 4.98 Å². The molecule has 0 aliphatic carbocycles. The van der Waals surface area contributed by atoms with Crippen LogP contribution in [0.2, 0.25) is 0 Å². The normalized spacial score (nSPS) is 12.1. The Kier molecular flexibility index (Phi) is 4.05. The van der Waals surface area contributed by atoms with Gasteiger partial charge < -0.3 is 15.6 Å². The molecule has 1 unspecified atom stereocenters. The van der Waals surface area contributed by atoms with Gasteiger partial charge in [0.2, 0.25) is 0 Å². The second-order valence-electron chi connectivity index (χ2n) is 3.09. The Bertz CT molecular complexity index is 341. The van der Waals surface area contributed by atoms with Crippen molar-refractivity contribution in [2.45, 2.75) is 19.4 Å². The van der Waals surface area contributed by atoms with E-state index in [2.05, 4.69) is 4.98 Å². The molecule has 0 radical (unpaired) electrons. The van der Waals surface area contributed by atoms with Crippen LogP contribution >= 0.6 is 0 Å². The minimum atomic E-state index is -0.927. The molecule has 1 aromatic rings. The molecular formula is C10H14N2O3. The Morgan fingerprint density at radius 3 is 3.00 bits per heavy atom. The lowest BCUT2D eigenvalue weighted by molar-refractivity contribution is -0.137. The number of aliphatic carboxylic acids is 1. The number of carboxylic acid groups (broad SMARTS) is 1. The van der Waals surface area contributed by atoms with E-state index in [0.29, 0.717) is 17.9 Å². The first kappa shape index (κ1) is 11.5. The SMILES string of the molecule is CCOc1cncc(C(N)CC(=O)O)c1.